The molecule has 0 saturated heterocycles. The summed E-state index contributed by atoms with van der Waals surface area (Å²) in [4.78, 5) is 46.7. The Morgan fingerprint density at radius 2 is 1.67 bits per heavy atom. The topological polar surface area (TPSA) is 111 Å². The van der Waals surface area contributed by atoms with Gasteiger partial charge in [-0.05, 0) is 51.5 Å². The van der Waals surface area contributed by atoms with Crippen LogP contribution in [0.4, 0.5) is 4.79 Å². The molecule has 0 radical (unpaired) electrons. The third kappa shape index (κ3) is 8.17. The lowest BCUT2D eigenvalue weighted by atomic mass is 10.1. The van der Waals surface area contributed by atoms with Crippen LogP contribution in [0.2, 0.25) is 0 Å². The lowest BCUT2D eigenvalue weighted by Crippen LogP contribution is -2.50. The van der Waals surface area contributed by atoms with Crippen LogP contribution in [0, 0.1) is 0 Å². The van der Waals surface area contributed by atoms with Crippen LogP contribution in [0.15, 0.2) is 30.3 Å². The molecule has 0 aliphatic rings. The van der Waals surface area contributed by atoms with Crippen molar-refractivity contribution in [3.8, 4) is 0 Å². The van der Waals surface area contributed by atoms with E-state index in [4.69, 9.17) is 4.74 Å². The van der Waals surface area contributed by atoms with Crippen molar-refractivity contribution in [3.63, 3.8) is 0 Å². The molecule has 2 N–H and O–H groups in total. The largest absolute Gasteiger partial charge is 0.465 e. The Hall–Kier alpha value is -3.16. The Labute approximate surface area is 157 Å². The summed E-state index contributed by atoms with van der Waals surface area (Å²) < 4.78 is 9.55. The van der Waals surface area contributed by atoms with Crippen LogP contribution in [0.25, 0.3) is 6.08 Å². The summed E-state index contributed by atoms with van der Waals surface area (Å²) >= 11 is 0. The van der Waals surface area contributed by atoms with Crippen LogP contribution in [0.1, 0.15) is 43.6 Å². The zero-order valence-electron chi connectivity index (χ0n) is 16.0. The number of amides is 3. The van der Waals surface area contributed by atoms with Gasteiger partial charge < -0.3 is 14.8 Å². The summed E-state index contributed by atoms with van der Waals surface area (Å²) in [7, 11) is 1.29. The van der Waals surface area contributed by atoms with Gasteiger partial charge in [-0.3, -0.25) is 10.1 Å². The summed E-state index contributed by atoms with van der Waals surface area (Å²) in [5, 5.41) is 4.67. The number of urea groups is 1. The number of hydrogen-bond donors (Lipinski definition) is 2. The minimum atomic E-state index is -1.14. The number of hydrogen-bond acceptors (Lipinski definition) is 6. The lowest BCUT2D eigenvalue weighted by Gasteiger charge is -2.21. The maximum absolute atomic E-state index is 11.9. The third-order valence-corrected chi connectivity index (χ3v) is 3.13. The predicted molar refractivity (Wildman–Crippen MR) is 98.8 cm³/mol. The van der Waals surface area contributed by atoms with Crippen molar-refractivity contribution in [1.82, 2.24) is 10.6 Å². The first-order valence-electron chi connectivity index (χ1n) is 8.22. The van der Waals surface area contributed by atoms with E-state index in [0.717, 1.165) is 6.08 Å². The molecule has 0 spiro atoms. The summed E-state index contributed by atoms with van der Waals surface area (Å²) in [5.74, 6) is -1.94. The molecule has 146 valence electrons. The molecule has 1 aromatic carbocycles. The fourth-order valence-corrected chi connectivity index (χ4v) is 1.86. The SMILES string of the molecule is COC(=O)c1ccc(/C=C/C(=O)O[C@@H](C)C(=O)NC(=O)NC(C)(C)C)cc1. The molecule has 0 fully saturated rings. The Morgan fingerprint density at radius 1 is 1.07 bits per heavy atom. The van der Waals surface area contributed by atoms with E-state index in [1.165, 1.54) is 20.1 Å². The molecule has 0 saturated carbocycles. The van der Waals surface area contributed by atoms with Gasteiger partial charge in [-0.15, -0.1) is 0 Å². The number of benzene rings is 1. The molecular weight excluding hydrogens is 352 g/mol. The molecule has 1 aromatic rings. The van der Waals surface area contributed by atoms with Gasteiger partial charge in [0.25, 0.3) is 5.91 Å². The fourth-order valence-electron chi connectivity index (χ4n) is 1.86. The molecule has 8 heteroatoms. The van der Waals surface area contributed by atoms with Crippen molar-refractivity contribution in [3.05, 3.63) is 41.5 Å². The summed E-state index contributed by atoms with van der Waals surface area (Å²) in [6.45, 7) is 6.66. The van der Waals surface area contributed by atoms with Crippen LogP contribution in [0.3, 0.4) is 0 Å². The van der Waals surface area contributed by atoms with E-state index in [-0.39, 0.29) is 0 Å². The number of rotatable bonds is 5. The number of esters is 2. The van der Waals surface area contributed by atoms with E-state index in [2.05, 4.69) is 15.4 Å². The van der Waals surface area contributed by atoms with E-state index in [9.17, 15) is 19.2 Å². The number of carbonyl (C=O) groups is 4. The van der Waals surface area contributed by atoms with Crippen molar-refractivity contribution in [2.45, 2.75) is 39.3 Å². The quantitative estimate of drug-likeness (QED) is 0.601. The van der Waals surface area contributed by atoms with Crippen molar-refractivity contribution in [2.75, 3.05) is 7.11 Å². The minimum absolute atomic E-state index is 0.385. The first kappa shape index (κ1) is 21.9. The first-order valence-corrected chi connectivity index (χ1v) is 8.22. The number of imide groups is 1. The Balaban J connectivity index is 2.55. The van der Waals surface area contributed by atoms with E-state index in [0.29, 0.717) is 11.1 Å². The Kier molecular flexibility index (Phi) is 7.71. The van der Waals surface area contributed by atoms with Gasteiger partial charge in [0.2, 0.25) is 0 Å². The highest BCUT2D eigenvalue weighted by Crippen LogP contribution is 2.08. The third-order valence-electron chi connectivity index (χ3n) is 3.13. The lowest BCUT2D eigenvalue weighted by molar-refractivity contribution is -0.149. The number of methoxy groups -OCH3 is 1. The Morgan fingerprint density at radius 3 is 2.19 bits per heavy atom. The maximum Gasteiger partial charge on any atom is 0.337 e. The van der Waals surface area contributed by atoms with E-state index >= 15 is 0 Å². The zero-order valence-corrected chi connectivity index (χ0v) is 16.0. The van der Waals surface area contributed by atoms with Crippen LogP contribution in [0.5, 0.6) is 0 Å². The minimum Gasteiger partial charge on any atom is -0.465 e. The number of ether oxygens (including phenoxy) is 2. The van der Waals surface area contributed by atoms with Gasteiger partial charge in [0.05, 0.1) is 12.7 Å². The van der Waals surface area contributed by atoms with Gasteiger partial charge >= 0.3 is 18.0 Å². The molecule has 0 aliphatic carbocycles. The highest BCUT2D eigenvalue weighted by atomic mass is 16.5. The second kappa shape index (κ2) is 9.51. The van der Waals surface area contributed by atoms with Crippen LogP contribution in [-0.4, -0.2) is 42.6 Å². The summed E-state index contributed by atoms with van der Waals surface area (Å²) in [6.07, 6.45) is 1.47. The molecule has 0 aliphatic heterocycles. The Bertz CT molecular complexity index is 732. The summed E-state index contributed by atoms with van der Waals surface area (Å²) in [5.41, 5.74) is 0.536. The smallest absolute Gasteiger partial charge is 0.337 e. The predicted octanol–water partition coefficient (Wildman–Crippen LogP) is 2.04. The van der Waals surface area contributed by atoms with Gasteiger partial charge in [-0.2, -0.15) is 0 Å². The van der Waals surface area contributed by atoms with E-state index in [1.54, 1.807) is 45.0 Å². The molecule has 0 bridgehead atoms. The molecule has 0 unspecified atom stereocenters. The van der Waals surface area contributed by atoms with E-state index in [1.807, 2.05) is 0 Å². The highest BCUT2D eigenvalue weighted by Gasteiger charge is 2.21. The number of carbonyl (C=O) groups excluding carboxylic acids is 4. The highest BCUT2D eigenvalue weighted by molar-refractivity contribution is 5.98. The maximum atomic E-state index is 11.9. The second-order valence-electron chi connectivity index (χ2n) is 6.72. The normalized spacial score (nSPS) is 12.2. The molecule has 3 amide bonds. The van der Waals surface area contributed by atoms with Gasteiger partial charge in [0.15, 0.2) is 6.10 Å². The molecule has 27 heavy (non-hydrogen) atoms. The van der Waals surface area contributed by atoms with Crippen molar-refractivity contribution < 1.29 is 28.7 Å². The van der Waals surface area contributed by atoms with Crippen molar-refractivity contribution >= 4 is 30.0 Å². The number of nitrogens with one attached hydrogen (secondary N) is 2. The molecule has 0 heterocycles. The van der Waals surface area contributed by atoms with Crippen LogP contribution in [-0.2, 0) is 19.1 Å². The average Bonchev–Trinajstić information content (AvgIpc) is 2.57. The van der Waals surface area contributed by atoms with Crippen LogP contribution >= 0.6 is 0 Å². The van der Waals surface area contributed by atoms with Gasteiger partial charge in [-0.25, -0.2) is 14.4 Å². The van der Waals surface area contributed by atoms with Gasteiger partial charge in [0, 0.05) is 11.6 Å². The zero-order chi connectivity index (χ0) is 20.6. The van der Waals surface area contributed by atoms with Crippen molar-refractivity contribution in [2.24, 2.45) is 0 Å². The summed E-state index contributed by atoms with van der Waals surface area (Å²) in [6, 6.07) is 5.70. The molecule has 1 atom stereocenters. The molecule has 1 rings (SSSR count). The first-order chi connectivity index (χ1) is 12.5. The average molecular weight is 376 g/mol. The van der Waals surface area contributed by atoms with Gasteiger partial charge in [-0.1, -0.05) is 12.1 Å². The standard InChI is InChI=1S/C19H24N2O6/c1-12(16(23)20-18(25)21-19(2,3)4)27-15(22)11-8-13-6-9-14(10-7-13)17(24)26-5/h6-12H,1-5H3,(H2,20,21,23,25)/b11-8+/t12-/m0/s1. The molecule has 8 nitrogen and oxygen atoms in total. The van der Waals surface area contributed by atoms with Crippen molar-refractivity contribution in [1.29, 1.82) is 0 Å². The van der Waals surface area contributed by atoms with Crippen LogP contribution < -0.4 is 10.6 Å². The second-order valence-corrected chi connectivity index (χ2v) is 6.72. The van der Waals surface area contributed by atoms with E-state index < -0.39 is 35.5 Å². The molecule has 0 aromatic heterocycles. The fraction of sp³-hybridized carbons (Fsp3) is 0.368. The van der Waals surface area contributed by atoms with Gasteiger partial charge in [0.1, 0.15) is 0 Å². The monoisotopic (exact) mass is 376 g/mol. The molecular formula is C19H24N2O6.